The standard InChI is InChI=1S/C13H21N3O2S/c1-4-18-13(17)11-10(3)19-12(15-11)9(2)16-7-5-14-6-8-16/h9,14H,4-8H2,1-3H3. The molecule has 2 rings (SSSR count). The largest absolute Gasteiger partial charge is 0.461 e. The van der Waals surface area contributed by atoms with E-state index in [0.717, 1.165) is 36.1 Å². The zero-order chi connectivity index (χ0) is 13.8. The highest BCUT2D eigenvalue weighted by Gasteiger charge is 2.24. The van der Waals surface area contributed by atoms with Gasteiger partial charge in [0.15, 0.2) is 5.69 Å². The summed E-state index contributed by atoms with van der Waals surface area (Å²) in [5.41, 5.74) is 0.476. The minimum atomic E-state index is -0.310. The zero-order valence-electron chi connectivity index (χ0n) is 11.7. The molecule has 19 heavy (non-hydrogen) atoms. The van der Waals surface area contributed by atoms with Crippen molar-refractivity contribution in [2.45, 2.75) is 26.8 Å². The van der Waals surface area contributed by atoms with Gasteiger partial charge in [-0.25, -0.2) is 9.78 Å². The van der Waals surface area contributed by atoms with Gasteiger partial charge in [0.25, 0.3) is 0 Å². The number of nitrogens with zero attached hydrogens (tertiary/aromatic N) is 2. The first-order valence-electron chi connectivity index (χ1n) is 6.72. The number of thiazole rings is 1. The number of esters is 1. The monoisotopic (exact) mass is 283 g/mol. The first-order valence-corrected chi connectivity index (χ1v) is 7.54. The van der Waals surface area contributed by atoms with Crippen molar-refractivity contribution < 1.29 is 9.53 Å². The molecule has 1 aliphatic heterocycles. The molecule has 0 aliphatic carbocycles. The lowest BCUT2D eigenvalue weighted by atomic mass is 10.2. The van der Waals surface area contributed by atoms with Crippen LogP contribution in [0.4, 0.5) is 0 Å². The molecule has 1 atom stereocenters. The van der Waals surface area contributed by atoms with Gasteiger partial charge in [0.2, 0.25) is 0 Å². The van der Waals surface area contributed by atoms with Crippen LogP contribution >= 0.6 is 11.3 Å². The van der Waals surface area contributed by atoms with E-state index in [4.69, 9.17) is 4.74 Å². The molecule has 0 saturated carbocycles. The Morgan fingerprint density at radius 3 is 2.84 bits per heavy atom. The molecule has 1 aliphatic rings. The molecular weight excluding hydrogens is 262 g/mol. The van der Waals surface area contributed by atoms with Crippen LogP contribution in [0.25, 0.3) is 0 Å². The summed E-state index contributed by atoms with van der Waals surface area (Å²) in [4.78, 5) is 19.6. The number of piperazine rings is 1. The molecule has 1 aromatic rings. The second-order valence-electron chi connectivity index (χ2n) is 4.64. The molecule has 1 saturated heterocycles. The molecule has 5 nitrogen and oxygen atoms in total. The van der Waals surface area contributed by atoms with Crippen LogP contribution in [0, 0.1) is 6.92 Å². The molecule has 6 heteroatoms. The predicted molar refractivity (Wildman–Crippen MR) is 75.7 cm³/mol. The van der Waals surface area contributed by atoms with Crippen molar-refractivity contribution in [2.24, 2.45) is 0 Å². The van der Waals surface area contributed by atoms with Crippen molar-refractivity contribution in [2.75, 3.05) is 32.8 Å². The zero-order valence-corrected chi connectivity index (χ0v) is 12.5. The quantitative estimate of drug-likeness (QED) is 0.851. The lowest BCUT2D eigenvalue weighted by Crippen LogP contribution is -2.44. The summed E-state index contributed by atoms with van der Waals surface area (Å²) in [6.45, 7) is 10.3. The van der Waals surface area contributed by atoms with Crippen molar-refractivity contribution in [1.82, 2.24) is 15.2 Å². The second-order valence-corrected chi connectivity index (χ2v) is 5.87. The molecule has 2 heterocycles. The molecule has 0 amide bonds. The molecule has 0 aromatic carbocycles. The summed E-state index contributed by atoms with van der Waals surface area (Å²) in [5.74, 6) is -0.310. The number of carbonyl (C=O) groups is 1. The Morgan fingerprint density at radius 2 is 2.21 bits per heavy atom. The van der Waals surface area contributed by atoms with Crippen LogP contribution in [-0.4, -0.2) is 48.6 Å². The van der Waals surface area contributed by atoms with Crippen molar-refractivity contribution >= 4 is 17.3 Å². The predicted octanol–water partition coefficient (Wildman–Crippen LogP) is 1.59. The van der Waals surface area contributed by atoms with Crippen LogP contribution in [0.15, 0.2) is 0 Å². The fourth-order valence-corrected chi connectivity index (χ4v) is 3.21. The van der Waals surface area contributed by atoms with E-state index in [1.54, 1.807) is 11.3 Å². The Labute approximate surface area is 118 Å². The van der Waals surface area contributed by atoms with E-state index in [1.165, 1.54) is 0 Å². The smallest absolute Gasteiger partial charge is 0.358 e. The van der Waals surface area contributed by atoms with Gasteiger partial charge in [-0.2, -0.15) is 0 Å². The Bertz CT molecular complexity index is 441. The second kappa shape index (κ2) is 6.45. The lowest BCUT2D eigenvalue weighted by Gasteiger charge is -2.31. The first-order chi connectivity index (χ1) is 9.13. The van der Waals surface area contributed by atoms with Gasteiger partial charge in [-0.15, -0.1) is 11.3 Å². The van der Waals surface area contributed by atoms with E-state index in [0.29, 0.717) is 12.3 Å². The maximum atomic E-state index is 11.8. The molecule has 1 unspecified atom stereocenters. The maximum absolute atomic E-state index is 11.8. The summed E-state index contributed by atoms with van der Waals surface area (Å²) in [6.07, 6.45) is 0. The third kappa shape index (κ3) is 3.32. The van der Waals surface area contributed by atoms with E-state index in [9.17, 15) is 4.79 Å². The number of hydrogen-bond acceptors (Lipinski definition) is 6. The van der Waals surface area contributed by atoms with Crippen LogP contribution in [0.2, 0.25) is 0 Å². The third-order valence-electron chi connectivity index (χ3n) is 3.34. The van der Waals surface area contributed by atoms with Crippen LogP contribution < -0.4 is 5.32 Å². The number of rotatable bonds is 4. The normalized spacial score (nSPS) is 18.3. The molecule has 0 spiro atoms. The first kappa shape index (κ1) is 14.4. The lowest BCUT2D eigenvalue weighted by molar-refractivity contribution is 0.0519. The van der Waals surface area contributed by atoms with E-state index in [2.05, 4.69) is 22.1 Å². The molecule has 1 N–H and O–H groups in total. The number of ether oxygens (including phenoxy) is 1. The van der Waals surface area contributed by atoms with Gasteiger partial charge < -0.3 is 10.1 Å². The van der Waals surface area contributed by atoms with E-state index >= 15 is 0 Å². The van der Waals surface area contributed by atoms with Gasteiger partial charge in [-0.05, 0) is 20.8 Å². The Kier molecular flexibility index (Phi) is 4.90. The number of aryl methyl sites for hydroxylation is 1. The fraction of sp³-hybridized carbons (Fsp3) is 0.692. The Hall–Kier alpha value is -0.980. The van der Waals surface area contributed by atoms with Crippen LogP contribution in [-0.2, 0) is 4.74 Å². The van der Waals surface area contributed by atoms with E-state index in [-0.39, 0.29) is 12.0 Å². The maximum Gasteiger partial charge on any atom is 0.358 e. The summed E-state index contributed by atoms with van der Waals surface area (Å²) in [6, 6.07) is 0.258. The van der Waals surface area contributed by atoms with Crippen molar-refractivity contribution in [1.29, 1.82) is 0 Å². The minimum Gasteiger partial charge on any atom is -0.461 e. The van der Waals surface area contributed by atoms with Gasteiger partial charge >= 0.3 is 5.97 Å². The third-order valence-corrected chi connectivity index (χ3v) is 4.48. The Balaban J connectivity index is 2.12. The minimum absolute atomic E-state index is 0.258. The fourth-order valence-electron chi connectivity index (χ4n) is 2.21. The molecule has 1 aromatic heterocycles. The topological polar surface area (TPSA) is 54.5 Å². The van der Waals surface area contributed by atoms with Gasteiger partial charge in [-0.3, -0.25) is 4.90 Å². The van der Waals surface area contributed by atoms with Crippen LogP contribution in [0.5, 0.6) is 0 Å². The van der Waals surface area contributed by atoms with Gasteiger partial charge in [0.05, 0.1) is 12.6 Å². The van der Waals surface area contributed by atoms with Gasteiger partial charge in [-0.1, -0.05) is 0 Å². The number of carbonyl (C=O) groups excluding carboxylic acids is 1. The summed E-state index contributed by atoms with van der Waals surface area (Å²) in [7, 11) is 0. The van der Waals surface area contributed by atoms with Gasteiger partial charge in [0.1, 0.15) is 5.01 Å². The molecule has 1 fully saturated rings. The molecule has 0 bridgehead atoms. The number of nitrogens with one attached hydrogen (secondary N) is 1. The van der Waals surface area contributed by atoms with E-state index < -0.39 is 0 Å². The average molecular weight is 283 g/mol. The van der Waals surface area contributed by atoms with Crippen molar-refractivity contribution in [3.63, 3.8) is 0 Å². The highest BCUT2D eigenvalue weighted by molar-refractivity contribution is 7.11. The summed E-state index contributed by atoms with van der Waals surface area (Å²) >= 11 is 1.60. The van der Waals surface area contributed by atoms with Crippen LogP contribution in [0.3, 0.4) is 0 Å². The molecule has 106 valence electrons. The number of aromatic nitrogens is 1. The highest BCUT2D eigenvalue weighted by atomic mass is 32.1. The molecular formula is C13H21N3O2S. The van der Waals surface area contributed by atoms with Crippen molar-refractivity contribution in [3.05, 3.63) is 15.6 Å². The summed E-state index contributed by atoms with van der Waals surface area (Å²) in [5, 5.41) is 4.34. The highest BCUT2D eigenvalue weighted by Crippen LogP contribution is 2.27. The summed E-state index contributed by atoms with van der Waals surface area (Å²) < 4.78 is 5.03. The van der Waals surface area contributed by atoms with Crippen molar-refractivity contribution in [3.8, 4) is 0 Å². The molecule has 0 radical (unpaired) electrons. The van der Waals surface area contributed by atoms with Crippen LogP contribution in [0.1, 0.15) is 40.3 Å². The average Bonchev–Trinajstić information content (AvgIpc) is 2.81. The Morgan fingerprint density at radius 1 is 1.53 bits per heavy atom. The van der Waals surface area contributed by atoms with E-state index in [1.807, 2.05) is 13.8 Å². The van der Waals surface area contributed by atoms with Gasteiger partial charge in [0, 0.05) is 31.1 Å². The number of hydrogen-bond donors (Lipinski definition) is 1. The SMILES string of the molecule is CCOC(=O)c1nc(C(C)N2CCNCC2)sc1C.